The summed E-state index contributed by atoms with van der Waals surface area (Å²) in [6.07, 6.45) is 0. The van der Waals surface area contributed by atoms with E-state index in [1.165, 1.54) is 13.8 Å². The molecule has 78 valence electrons. The zero-order valence-corrected chi connectivity index (χ0v) is 11.4. The Morgan fingerprint density at radius 3 is 2.36 bits per heavy atom. The van der Waals surface area contributed by atoms with Gasteiger partial charge in [0.2, 0.25) is 5.91 Å². The molecule has 0 radical (unpaired) electrons. The Morgan fingerprint density at radius 1 is 1.64 bits per heavy atom. The van der Waals surface area contributed by atoms with E-state index in [2.05, 4.69) is 11.9 Å². The Labute approximate surface area is 107 Å². The number of amides is 1. The molecule has 0 fully saturated rings. The van der Waals surface area contributed by atoms with Gasteiger partial charge < -0.3 is 6.74 Å². The maximum atomic E-state index is 11.0. The Kier molecular flexibility index (Phi) is 7.77. The van der Waals surface area contributed by atoms with Gasteiger partial charge in [-0.2, -0.15) is 8.42 Å². The smallest absolute Gasteiger partial charge is 1.00 e. The fraction of sp³-hybridized carbons (Fsp3) is 0.571. The van der Waals surface area contributed by atoms with Crippen LogP contribution in [0.2, 0.25) is 0 Å². The third-order valence-corrected chi connectivity index (χ3v) is 2.15. The molecule has 5 nitrogen and oxygen atoms in total. The summed E-state index contributed by atoms with van der Waals surface area (Å²) in [4.78, 5) is 11.0. The van der Waals surface area contributed by atoms with Gasteiger partial charge in [0, 0.05) is 11.6 Å². The molecule has 1 atom stereocenters. The van der Waals surface area contributed by atoms with Crippen molar-refractivity contribution in [3.05, 3.63) is 12.2 Å². The first-order chi connectivity index (χ1) is 5.72. The molecule has 0 aliphatic heterocycles. The Hall–Kier alpha value is 0.120. The van der Waals surface area contributed by atoms with Crippen LogP contribution < -0.4 is 34.9 Å². The van der Waals surface area contributed by atoms with Crippen molar-refractivity contribution in [1.29, 1.82) is 0 Å². The van der Waals surface area contributed by atoms with Crippen molar-refractivity contribution in [2.24, 2.45) is 0 Å². The first-order valence-electron chi connectivity index (χ1n) is 3.64. The van der Waals surface area contributed by atoms with Crippen LogP contribution in [-0.2, 0) is 14.9 Å². The van der Waals surface area contributed by atoms with E-state index in [9.17, 15) is 13.2 Å². The van der Waals surface area contributed by atoms with Crippen LogP contribution >= 0.6 is 0 Å². The average Bonchev–Trinajstić information content (AvgIpc) is 1.81. The summed E-state index contributed by atoms with van der Waals surface area (Å²) < 4.78 is 29.2. The minimum atomic E-state index is -4.04. The number of nitrogens with one attached hydrogen (secondary N) is 1. The SMILES string of the molecule is C=C(C)C(=O)NC(C)CS(=O)(=O)O.[H-].[Na+]. The van der Waals surface area contributed by atoms with Crippen LogP contribution in [0.4, 0.5) is 0 Å². The molecule has 14 heavy (non-hydrogen) atoms. The molecule has 1 amide bonds. The molecule has 0 aromatic heterocycles. The Balaban J connectivity index is -0.000000720. The second-order valence-corrected chi connectivity index (χ2v) is 4.40. The molecule has 0 rings (SSSR count). The summed E-state index contributed by atoms with van der Waals surface area (Å²) in [6.45, 7) is 6.37. The minimum absolute atomic E-state index is 0. The summed E-state index contributed by atoms with van der Waals surface area (Å²) in [6, 6.07) is -0.626. The molecule has 0 aromatic carbocycles. The quantitative estimate of drug-likeness (QED) is 0.308. The van der Waals surface area contributed by atoms with Gasteiger partial charge in [0.1, 0.15) is 0 Å². The van der Waals surface area contributed by atoms with E-state index < -0.39 is 27.8 Å². The number of rotatable bonds is 4. The van der Waals surface area contributed by atoms with E-state index in [4.69, 9.17) is 4.55 Å². The van der Waals surface area contributed by atoms with Crippen molar-refractivity contribution in [3.8, 4) is 0 Å². The largest absolute Gasteiger partial charge is 1.00 e. The van der Waals surface area contributed by atoms with E-state index in [1.807, 2.05) is 0 Å². The summed E-state index contributed by atoms with van der Waals surface area (Å²) >= 11 is 0. The minimum Gasteiger partial charge on any atom is -1.00 e. The van der Waals surface area contributed by atoms with Gasteiger partial charge in [0.05, 0.1) is 5.75 Å². The molecule has 0 spiro atoms. The third-order valence-electron chi connectivity index (χ3n) is 1.23. The van der Waals surface area contributed by atoms with Crippen molar-refractivity contribution in [3.63, 3.8) is 0 Å². The van der Waals surface area contributed by atoms with Crippen molar-refractivity contribution in [2.75, 3.05) is 5.75 Å². The summed E-state index contributed by atoms with van der Waals surface area (Å²) in [5.41, 5.74) is 0.294. The Morgan fingerprint density at radius 2 is 2.07 bits per heavy atom. The first kappa shape index (κ1) is 16.5. The maximum Gasteiger partial charge on any atom is 1.00 e. The molecular formula is C7H14NNaO4S. The molecule has 0 heterocycles. The molecule has 7 heteroatoms. The molecule has 0 aromatic rings. The van der Waals surface area contributed by atoms with Crippen molar-refractivity contribution in [2.45, 2.75) is 19.9 Å². The van der Waals surface area contributed by atoms with E-state index in [1.54, 1.807) is 0 Å². The molecular weight excluding hydrogens is 217 g/mol. The van der Waals surface area contributed by atoms with Gasteiger partial charge >= 0.3 is 29.6 Å². The first-order valence-corrected chi connectivity index (χ1v) is 5.25. The molecule has 0 saturated carbocycles. The van der Waals surface area contributed by atoms with E-state index >= 15 is 0 Å². The topological polar surface area (TPSA) is 83.5 Å². The van der Waals surface area contributed by atoms with Gasteiger partial charge in [-0.3, -0.25) is 9.35 Å². The molecule has 0 saturated heterocycles. The molecule has 0 bridgehead atoms. The molecule has 0 aliphatic carbocycles. The van der Waals surface area contributed by atoms with Crippen molar-refractivity contribution >= 4 is 16.0 Å². The van der Waals surface area contributed by atoms with Gasteiger partial charge in [-0.25, -0.2) is 0 Å². The normalized spacial score (nSPS) is 12.5. The molecule has 0 aliphatic rings. The van der Waals surface area contributed by atoms with Crippen LogP contribution in [0.3, 0.4) is 0 Å². The van der Waals surface area contributed by atoms with Crippen LogP contribution in [0.15, 0.2) is 12.2 Å². The maximum absolute atomic E-state index is 11.0. The monoisotopic (exact) mass is 231 g/mol. The Bertz CT molecular complexity index is 317. The zero-order chi connectivity index (χ0) is 10.6. The fourth-order valence-corrected chi connectivity index (χ4v) is 1.42. The van der Waals surface area contributed by atoms with Gasteiger partial charge in [0.25, 0.3) is 10.1 Å². The van der Waals surface area contributed by atoms with E-state index in [0.29, 0.717) is 5.57 Å². The van der Waals surface area contributed by atoms with Gasteiger partial charge in [-0.05, 0) is 13.8 Å². The fourth-order valence-electron chi connectivity index (χ4n) is 0.705. The third kappa shape index (κ3) is 8.71. The van der Waals surface area contributed by atoms with Crippen LogP contribution in [0.5, 0.6) is 0 Å². The van der Waals surface area contributed by atoms with E-state index in [0.717, 1.165) is 0 Å². The summed E-state index contributed by atoms with van der Waals surface area (Å²) in [7, 11) is -4.04. The second kappa shape index (κ2) is 6.58. The van der Waals surface area contributed by atoms with Crippen LogP contribution in [0.25, 0.3) is 0 Å². The van der Waals surface area contributed by atoms with Crippen LogP contribution in [0, 0.1) is 0 Å². The molecule has 2 N–H and O–H groups in total. The predicted molar refractivity (Wildman–Crippen MR) is 49.9 cm³/mol. The summed E-state index contributed by atoms with van der Waals surface area (Å²) in [5, 5.41) is 2.36. The number of carbonyl (C=O) groups is 1. The average molecular weight is 231 g/mol. The van der Waals surface area contributed by atoms with Gasteiger partial charge in [-0.1, -0.05) is 6.58 Å². The van der Waals surface area contributed by atoms with Gasteiger partial charge in [0.15, 0.2) is 0 Å². The van der Waals surface area contributed by atoms with Crippen molar-refractivity contribution in [1.82, 2.24) is 5.32 Å². The molecule has 1 unspecified atom stereocenters. The predicted octanol–water partition coefficient (Wildman–Crippen LogP) is -2.93. The van der Waals surface area contributed by atoms with Crippen molar-refractivity contribution < 1.29 is 48.7 Å². The van der Waals surface area contributed by atoms with Crippen LogP contribution in [0.1, 0.15) is 15.3 Å². The number of hydrogen-bond acceptors (Lipinski definition) is 3. The second-order valence-electron chi connectivity index (χ2n) is 2.90. The number of carbonyl (C=O) groups excluding carboxylic acids is 1. The van der Waals surface area contributed by atoms with E-state index in [-0.39, 0.29) is 31.0 Å². The number of hydrogen-bond donors (Lipinski definition) is 2. The summed E-state index contributed by atoms with van der Waals surface area (Å²) in [5.74, 6) is -0.914. The standard InChI is InChI=1S/C7H13NO4S.Na.H/c1-5(2)7(9)8-6(3)4-13(10,11)12;;/h6H,1,4H2,2-3H3,(H,8,9)(H,10,11,12);;/q;+1;-1. The van der Waals surface area contributed by atoms with Gasteiger partial charge in [-0.15, -0.1) is 0 Å². The van der Waals surface area contributed by atoms with Crippen LogP contribution in [-0.4, -0.2) is 30.7 Å². The zero-order valence-electron chi connectivity index (χ0n) is 9.57.